The minimum atomic E-state index is -0.313. The summed E-state index contributed by atoms with van der Waals surface area (Å²) in [7, 11) is 4.09. The lowest BCUT2D eigenvalue weighted by atomic mass is 9.99. The van der Waals surface area contributed by atoms with Crippen LogP contribution in [0.25, 0.3) is 0 Å². The van der Waals surface area contributed by atoms with Crippen LogP contribution in [0.1, 0.15) is 24.0 Å². The van der Waals surface area contributed by atoms with Crippen LogP contribution in [0.3, 0.4) is 0 Å². The largest absolute Gasteiger partial charge is 0.504 e. The van der Waals surface area contributed by atoms with Crippen molar-refractivity contribution in [2.75, 3.05) is 21.3 Å². The number of rotatable bonds is 6. The third-order valence-electron chi connectivity index (χ3n) is 3.17. The number of hydrogen-bond donors (Lipinski definition) is 2. The van der Waals surface area contributed by atoms with Gasteiger partial charge in [0.2, 0.25) is 11.5 Å². The van der Waals surface area contributed by atoms with E-state index in [0.717, 1.165) is 0 Å². The van der Waals surface area contributed by atoms with Crippen molar-refractivity contribution in [3.63, 3.8) is 0 Å². The second-order valence-electron chi connectivity index (χ2n) is 4.30. The fourth-order valence-corrected chi connectivity index (χ4v) is 2.04. The van der Waals surface area contributed by atoms with Gasteiger partial charge >= 0.3 is 5.97 Å². The molecule has 0 bridgehead atoms. The summed E-state index contributed by atoms with van der Waals surface area (Å²) in [4.78, 5) is 11.1. The van der Waals surface area contributed by atoms with E-state index in [9.17, 15) is 15.0 Å². The Hall–Kier alpha value is -2.11. The highest BCUT2D eigenvalue weighted by molar-refractivity contribution is 5.69. The highest BCUT2D eigenvalue weighted by Gasteiger charge is 2.22. The second-order valence-corrected chi connectivity index (χ2v) is 4.30. The molecule has 0 aliphatic heterocycles. The van der Waals surface area contributed by atoms with E-state index >= 15 is 0 Å². The van der Waals surface area contributed by atoms with E-state index in [1.54, 1.807) is 6.92 Å². The Morgan fingerprint density at radius 3 is 2.10 bits per heavy atom. The van der Waals surface area contributed by atoms with Crippen molar-refractivity contribution in [2.45, 2.75) is 26.2 Å². The van der Waals surface area contributed by atoms with Crippen molar-refractivity contribution in [3.8, 4) is 23.0 Å². The molecule has 0 heterocycles. The van der Waals surface area contributed by atoms with Crippen molar-refractivity contribution >= 4 is 5.97 Å². The molecule has 0 saturated carbocycles. The van der Waals surface area contributed by atoms with Gasteiger partial charge in [0.25, 0.3) is 0 Å². The summed E-state index contributed by atoms with van der Waals surface area (Å²) in [6, 6.07) is 0. The summed E-state index contributed by atoms with van der Waals surface area (Å²) in [5, 5.41) is 20.3. The molecular weight excluding hydrogens is 264 g/mol. The van der Waals surface area contributed by atoms with Crippen molar-refractivity contribution < 1.29 is 29.2 Å². The first-order valence-electron chi connectivity index (χ1n) is 6.20. The average Bonchev–Trinajstić information content (AvgIpc) is 2.45. The molecule has 0 spiro atoms. The van der Waals surface area contributed by atoms with Gasteiger partial charge < -0.3 is 24.4 Å². The minimum Gasteiger partial charge on any atom is -0.504 e. The van der Waals surface area contributed by atoms with Crippen LogP contribution < -0.4 is 9.47 Å². The van der Waals surface area contributed by atoms with Crippen LogP contribution in [0.2, 0.25) is 0 Å². The Morgan fingerprint density at radius 2 is 1.60 bits per heavy atom. The molecule has 1 aromatic rings. The number of phenols is 2. The van der Waals surface area contributed by atoms with Gasteiger partial charge in [-0.15, -0.1) is 0 Å². The van der Waals surface area contributed by atoms with Gasteiger partial charge in [-0.3, -0.25) is 4.79 Å². The Morgan fingerprint density at radius 1 is 1.05 bits per heavy atom. The van der Waals surface area contributed by atoms with Crippen LogP contribution in [-0.4, -0.2) is 37.5 Å². The maximum Gasteiger partial charge on any atom is 0.305 e. The lowest BCUT2D eigenvalue weighted by molar-refractivity contribution is -0.140. The predicted molar refractivity (Wildman–Crippen MR) is 72.6 cm³/mol. The minimum absolute atomic E-state index is 0.0739. The van der Waals surface area contributed by atoms with Crippen molar-refractivity contribution in [1.82, 2.24) is 0 Å². The number of benzene rings is 1. The Labute approximate surface area is 117 Å². The summed E-state index contributed by atoms with van der Waals surface area (Å²) in [6.45, 7) is 1.67. The van der Waals surface area contributed by atoms with Crippen LogP contribution in [0.15, 0.2) is 0 Å². The van der Waals surface area contributed by atoms with E-state index in [-0.39, 0.29) is 35.4 Å². The van der Waals surface area contributed by atoms with E-state index in [1.165, 1.54) is 21.3 Å². The van der Waals surface area contributed by atoms with Crippen LogP contribution >= 0.6 is 0 Å². The second kappa shape index (κ2) is 6.88. The maximum absolute atomic E-state index is 11.1. The molecule has 0 aliphatic carbocycles. The number of ether oxygens (including phenoxy) is 3. The molecule has 6 heteroatoms. The molecule has 2 N–H and O–H groups in total. The first-order chi connectivity index (χ1) is 9.47. The predicted octanol–water partition coefficient (Wildman–Crippen LogP) is 1.92. The van der Waals surface area contributed by atoms with Crippen molar-refractivity contribution in [3.05, 3.63) is 11.1 Å². The van der Waals surface area contributed by atoms with Gasteiger partial charge in [-0.2, -0.15) is 0 Å². The fraction of sp³-hybridized carbons (Fsp3) is 0.500. The van der Waals surface area contributed by atoms with Crippen LogP contribution in [0.4, 0.5) is 0 Å². The molecule has 0 amide bonds. The molecule has 1 aromatic carbocycles. The van der Waals surface area contributed by atoms with E-state index in [1.807, 2.05) is 0 Å². The number of phenolic OH excluding ortho intramolecular Hbond substituents is 2. The molecule has 0 unspecified atom stereocenters. The van der Waals surface area contributed by atoms with Gasteiger partial charge in [-0.05, 0) is 19.8 Å². The molecule has 0 atom stereocenters. The number of carbonyl (C=O) groups excluding carboxylic acids is 1. The Bertz CT molecular complexity index is 495. The Kier molecular flexibility index (Phi) is 5.49. The van der Waals surface area contributed by atoms with Gasteiger partial charge in [-0.1, -0.05) is 0 Å². The van der Waals surface area contributed by atoms with Crippen LogP contribution in [0, 0.1) is 6.92 Å². The molecular formula is C14H20O6. The van der Waals surface area contributed by atoms with E-state index in [2.05, 4.69) is 4.74 Å². The summed E-state index contributed by atoms with van der Waals surface area (Å²) in [5.74, 6) is -0.283. The van der Waals surface area contributed by atoms with E-state index < -0.39 is 0 Å². The average molecular weight is 284 g/mol. The van der Waals surface area contributed by atoms with Gasteiger partial charge in [0.05, 0.1) is 21.3 Å². The third-order valence-corrected chi connectivity index (χ3v) is 3.17. The van der Waals surface area contributed by atoms with Crippen molar-refractivity contribution in [2.24, 2.45) is 0 Å². The van der Waals surface area contributed by atoms with E-state index in [0.29, 0.717) is 24.0 Å². The molecule has 1 rings (SSSR count). The highest BCUT2D eigenvalue weighted by Crippen LogP contribution is 2.48. The topological polar surface area (TPSA) is 85.2 Å². The number of carbonyl (C=O) groups is 1. The third kappa shape index (κ3) is 3.07. The molecule has 112 valence electrons. The number of aromatic hydroxyl groups is 2. The van der Waals surface area contributed by atoms with Gasteiger partial charge in [0.1, 0.15) is 0 Å². The zero-order valence-corrected chi connectivity index (χ0v) is 12.1. The summed E-state index contributed by atoms with van der Waals surface area (Å²) >= 11 is 0. The quantitative estimate of drug-likeness (QED) is 0.613. The number of esters is 1. The van der Waals surface area contributed by atoms with Gasteiger partial charge in [-0.25, -0.2) is 0 Å². The fourth-order valence-electron chi connectivity index (χ4n) is 2.04. The molecule has 20 heavy (non-hydrogen) atoms. The van der Waals surface area contributed by atoms with Gasteiger partial charge in [0.15, 0.2) is 11.5 Å². The molecule has 0 aliphatic rings. The zero-order valence-electron chi connectivity index (χ0n) is 12.1. The number of methoxy groups -OCH3 is 3. The molecule has 0 saturated heterocycles. The summed E-state index contributed by atoms with van der Waals surface area (Å²) in [6.07, 6.45) is 1.15. The normalized spacial score (nSPS) is 10.2. The van der Waals surface area contributed by atoms with Crippen LogP contribution in [0.5, 0.6) is 23.0 Å². The SMILES string of the molecule is COC(=O)CCCc1c(C)c(O)c(OC)c(OC)c1O. The summed E-state index contributed by atoms with van der Waals surface area (Å²) in [5.41, 5.74) is 1.04. The van der Waals surface area contributed by atoms with E-state index in [4.69, 9.17) is 9.47 Å². The monoisotopic (exact) mass is 284 g/mol. The molecule has 0 aromatic heterocycles. The molecule has 0 radical (unpaired) electrons. The standard InChI is InChI=1S/C14H20O6/c1-8-9(6-5-7-10(15)18-2)12(17)14(20-4)13(19-3)11(8)16/h16-17H,5-7H2,1-4H3. The van der Waals surface area contributed by atoms with Crippen LogP contribution in [-0.2, 0) is 16.0 Å². The highest BCUT2D eigenvalue weighted by atomic mass is 16.5. The summed E-state index contributed by atoms with van der Waals surface area (Å²) < 4.78 is 14.7. The molecule has 0 fully saturated rings. The van der Waals surface area contributed by atoms with Crippen molar-refractivity contribution in [1.29, 1.82) is 0 Å². The molecule has 6 nitrogen and oxygen atoms in total. The van der Waals surface area contributed by atoms with Gasteiger partial charge in [0, 0.05) is 17.5 Å². The zero-order chi connectivity index (χ0) is 15.3. The lowest BCUT2D eigenvalue weighted by Crippen LogP contribution is -2.02. The number of hydrogen-bond acceptors (Lipinski definition) is 6. The first-order valence-corrected chi connectivity index (χ1v) is 6.20. The maximum atomic E-state index is 11.1. The smallest absolute Gasteiger partial charge is 0.305 e. The Balaban J connectivity index is 3.07. The lowest BCUT2D eigenvalue weighted by Gasteiger charge is -2.17. The first kappa shape index (κ1) is 15.9.